The number of benzene rings is 1. The van der Waals surface area contributed by atoms with Crippen LogP contribution < -0.4 is 14.8 Å². The van der Waals surface area contributed by atoms with Gasteiger partial charge in [-0.1, -0.05) is 39.0 Å². The van der Waals surface area contributed by atoms with Gasteiger partial charge in [0.05, 0.1) is 13.7 Å². The first-order valence-corrected chi connectivity index (χ1v) is 8.87. The van der Waals surface area contributed by atoms with Gasteiger partial charge < -0.3 is 14.8 Å². The highest BCUT2D eigenvalue weighted by Crippen LogP contribution is 2.24. The molecule has 1 amide bonds. The predicted molar refractivity (Wildman–Crippen MR) is 103 cm³/mol. The van der Waals surface area contributed by atoms with E-state index in [0.29, 0.717) is 31.9 Å². The second-order valence-corrected chi connectivity index (χ2v) is 7.21. The van der Waals surface area contributed by atoms with Crippen LogP contribution in [0, 0.1) is 0 Å². The molecule has 0 aliphatic heterocycles. The number of carbonyl (C=O) groups is 1. The molecule has 0 saturated heterocycles. The van der Waals surface area contributed by atoms with Crippen molar-refractivity contribution in [3.05, 3.63) is 53.7 Å². The summed E-state index contributed by atoms with van der Waals surface area (Å²) in [7, 11) is 1.57. The van der Waals surface area contributed by atoms with Crippen molar-refractivity contribution in [3.8, 4) is 11.6 Å². The number of carbonyl (C=O) groups excluding carboxylic acids is 1. The normalized spacial score (nSPS) is 11.1. The summed E-state index contributed by atoms with van der Waals surface area (Å²) in [6.07, 6.45) is 2.81. The summed E-state index contributed by atoms with van der Waals surface area (Å²) >= 11 is 0. The average Bonchev–Trinajstić information content (AvgIpc) is 2.63. The van der Waals surface area contributed by atoms with Crippen LogP contribution in [0.3, 0.4) is 0 Å². The topological polar surface area (TPSA) is 60.5 Å². The van der Waals surface area contributed by atoms with E-state index in [2.05, 4.69) is 43.2 Å². The van der Waals surface area contributed by atoms with Gasteiger partial charge in [0.15, 0.2) is 0 Å². The molecule has 0 bridgehead atoms. The lowest BCUT2D eigenvalue weighted by Crippen LogP contribution is -2.23. The van der Waals surface area contributed by atoms with Crippen molar-refractivity contribution in [1.29, 1.82) is 0 Å². The molecular weight excluding hydrogens is 328 g/mol. The monoisotopic (exact) mass is 356 g/mol. The summed E-state index contributed by atoms with van der Waals surface area (Å²) < 4.78 is 10.7. The minimum absolute atomic E-state index is 0.00694. The maximum Gasteiger partial charge on any atom is 0.220 e. The maximum atomic E-state index is 11.9. The van der Waals surface area contributed by atoms with Crippen molar-refractivity contribution >= 4 is 5.91 Å². The molecule has 0 atom stereocenters. The second kappa shape index (κ2) is 9.22. The largest absolute Gasteiger partial charge is 0.494 e. The van der Waals surface area contributed by atoms with Gasteiger partial charge >= 0.3 is 0 Å². The minimum atomic E-state index is 0.00694. The van der Waals surface area contributed by atoms with Crippen LogP contribution in [0.5, 0.6) is 11.6 Å². The van der Waals surface area contributed by atoms with E-state index in [1.165, 1.54) is 5.56 Å². The number of ether oxygens (including phenoxy) is 2. The van der Waals surface area contributed by atoms with Crippen molar-refractivity contribution < 1.29 is 14.3 Å². The van der Waals surface area contributed by atoms with E-state index in [1.807, 2.05) is 18.2 Å². The lowest BCUT2D eigenvalue weighted by molar-refractivity contribution is -0.121. The fourth-order valence-electron chi connectivity index (χ4n) is 2.40. The number of pyridine rings is 1. The van der Waals surface area contributed by atoms with Crippen molar-refractivity contribution in [2.75, 3.05) is 13.7 Å². The Labute approximate surface area is 155 Å². The third-order valence-corrected chi connectivity index (χ3v) is 4.03. The summed E-state index contributed by atoms with van der Waals surface area (Å²) in [6.45, 7) is 7.54. The number of aromatic nitrogens is 1. The molecule has 26 heavy (non-hydrogen) atoms. The van der Waals surface area contributed by atoms with Crippen LogP contribution in [0.25, 0.3) is 0 Å². The Morgan fingerprint density at radius 3 is 2.42 bits per heavy atom. The highest BCUT2D eigenvalue weighted by atomic mass is 16.5. The van der Waals surface area contributed by atoms with Gasteiger partial charge in [-0.15, -0.1) is 0 Å². The number of nitrogens with zero attached hydrogens (tertiary/aromatic N) is 1. The number of methoxy groups -OCH3 is 1. The van der Waals surface area contributed by atoms with Crippen molar-refractivity contribution in [2.24, 2.45) is 0 Å². The average molecular weight is 356 g/mol. The molecule has 2 aromatic rings. The molecule has 0 aliphatic rings. The van der Waals surface area contributed by atoms with Crippen LogP contribution in [-0.2, 0) is 16.8 Å². The Morgan fingerprint density at radius 2 is 1.85 bits per heavy atom. The second-order valence-electron chi connectivity index (χ2n) is 7.21. The first kappa shape index (κ1) is 19.8. The molecule has 0 fully saturated rings. The molecule has 5 heteroatoms. The highest BCUT2D eigenvalue weighted by Gasteiger charge is 2.12. The van der Waals surface area contributed by atoms with Gasteiger partial charge in [-0.25, -0.2) is 4.98 Å². The van der Waals surface area contributed by atoms with Crippen LogP contribution in [-0.4, -0.2) is 24.6 Å². The molecule has 1 aromatic heterocycles. The quantitative estimate of drug-likeness (QED) is 0.730. The smallest absolute Gasteiger partial charge is 0.220 e. The number of amides is 1. The molecule has 0 aliphatic carbocycles. The van der Waals surface area contributed by atoms with Crippen LogP contribution >= 0.6 is 0 Å². The summed E-state index contributed by atoms with van der Waals surface area (Å²) in [4.78, 5) is 16.0. The zero-order valence-electron chi connectivity index (χ0n) is 16.0. The van der Waals surface area contributed by atoms with Gasteiger partial charge in [-0.05, 0) is 35.1 Å². The van der Waals surface area contributed by atoms with Gasteiger partial charge in [-0.3, -0.25) is 4.79 Å². The van der Waals surface area contributed by atoms with Crippen molar-refractivity contribution in [1.82, 2.24) is 10.3 Å². The van der Waals surface area contributed by atoms with Gasteiger partial charge in [0.25, 0.3) is 0 Å². The molecule has 0 unspecified atom stereocenters. The van der Waals surface area contributed by atoms with Crippen molar-refractivity contribution in [2.45, 2.75) is 45.6 Å². The fraction of sp³-hybridized carbons (Fsp3) is 0.429. The number of rotatable bonds is 8. The molecule has 1 N–H and O–H groups in total. The molecular formula is C21H28N2O3. The third-order valence-electron chi connectivity index (χ3n) is 4.03. The molecule has 0 radical (unpaired) electrons. The number of hydrogen-bond donors (Lipinski definition) is 1. The molecule has 1 aromatic carbocycles. The van der Waals surface area contributed by atoms with Crippen LogP contribution in [0.1, 0.15) is 44.7 Å². The fourth-order valence-corrected chi connectivity index (χ4v) is 2.40. The van der Waals surface area contributed by atoms with E-state index in [4.69, 9.17) is 9.47 Å². The van der Waals surface area contributed by atoms with E-state index in [9.17, 15) is 4.79 Å². The first-order chi connectivity index (χ1) is 12.4. The number of hydrogen-bond acceptors (Lipinski definition) is 4. The summed E-state index contributed by atoms with van der Waals surface area (Å²) in [5.74, 6) is 1.41. The van der Waals surface area contributed by atoms with Crippen LogP contribution in [0.4, 0.5) is 0 Å². The van der Waals surface area contributed by atoms with Crippen LogP contribution in [0.2, 0.25) is 0 Å². The molecule has 1 heterocycles. The molecule has 0 saturated carbocycles. The van der Waals surface area contributed by atoms with Crippen molar-refractivity contribution in [3.63, 3.8) is 0 Å². The molecule has 140 valence electrons. The Morgan fingerprint density at radius 1 is 1.12 bits per heavy atom. The number of nitrogens with one attached hydrogen (secondary N) is 1. The minimum Gasteiger partial charge on any atom is -0.494 e. The van der Waals surface area contributed by atoms with E-state index >= 15 is 0 Å². The Balaban J connectivity index is 1.65. The maximum absolute atomic E-state index is 11.9. The standard InChI is InChI=1S/C21H28N2O3/c1-21(2,3)17-8-10-18(11-9-17)26-13-5-6-19(24)22-14-16-7-12-20(25-4)23-15-16/h7-12,15H,5-6,13-14H2,1-4H3,(H,22,24). The third kappa shape index (κ3) is 6.39. The lowest BCUT2D eigenvalue weighted by atomic mass is 9.87. The van der Waals surface area contributed by atoms with E-state index < -0.39 is 0 Å². The van der Waals surface area contributed by atoms with Gasteiger partial charge in [-0.2, -0.15) is 0 Å². The highest BCUT2D eigenvalue weighted by molar-refractivity contribution is 5.75. The SMILES string of the molecule is COc1ccc(CNC(=O)CCCOc2ccc(C(C)(C)C)cc2)cn1. The molecule has 5 nitrogen and oxygen atoms in total. The summed E-state index contributed by atoms with van der Waals surface area (Å²) in [5.41, 5.74) is 2.35. The summed E-state index contributed by atoms with van der Waals surface area (Å²) in [5, 5.41) is 2.88. The zero-order chi connectivity index (χ0) is 19.0. The Bertz CT molecular complexity index is 689. The molecule has 0 spiro atoms. The van der Waals surface area contributed by atoms with Gasteiger partial charge in [0.1, 0.15) is 5.75 Å². The lowest BCUT2D eigenvalue weighted by Gasteiger charge is -2.19. The van der Waals surface area contributed by atoms with Crippen LogP contribution in [0.15, 0.2) is 42.6 Å². The first-order valence-electron chi connectivity index (χ1n) is 8.87. The van der Waals surface area contributed by atoms with E-state index in [0.717, 1.165) is 11.3 Å². The zero-order valence-corrected chi connectivity index (χ0v) is 16.0. The Hall–Kier alpha value is -2.56. The summed E-state index contributed by atoms with van der Waals surface area (Å²) in [6, 6.07) is 11.8. The van der Waals surface area contributed by atoms with Gasteiger partial charge in [0.2, 0.25) is 11.8 Å². The van der Waals surface area contributed by atoms with E-state index in [1.54, 1.807) is 19.4 Å². The predicted octanol–water partition coefficient (Wildman–Crippen LogP) is 3.86. The molecule has 2 rings (SSSR count). The Kier molecular flexibility index (Phi) is 7.01. The van der Waals surface area contributed by atoms with Gasteiger partial charge in [0, 0.05) is 25.2 Å². The van der Waals surface area contributed by atoms with E-state index in [-0.39, 0.29) is 11.3 Å².